The van der Waals surface area contributed by atoms with Crippen LogP contribution in [0.2, 0.25) is 0 Å². The summed E-state index contributed by atoms with van der Waals surface area (Å²) in [5.41, 5.74) is 0. The van der Waals surface area contributed by atoms with Crippen molar-refractivity contribution in [2.45, 2.75) is 53.0 Å². The Morgan fingerprint density at radius 3 is 2.42 bits per heavy atom. The van der Waals surface area contributed by atoms with E-state index in [9.17, 15) is 0 Å². The molecule has 0 aliphatic carbocycles. The molecule has 0 fully saturated rings. The van der Waals surface area contributed by atoms with Gasteiger partial charge < -0.3 is 15.4 Å². The number of hydrogen-bond acceptors (Lipinski definition) is 2. The SMILES string of the molecule is CCNC(=NCCOC)NC(C)CCCC(C)C.I. The van der Waals surface area contributed by atoms with Crippen molar-refractivity contribution in [1.29, 1.82) is 0 Å². The van der Waals surface area contributed by atoms with Crippen LogP contribution in [0.25, 0.3) is 0 Å². The van der Waals surface area contributed by atoms with Gasteiger partial charge >= 0.3 is 0 Å². The molecular weight excluding hydrogens is 353 g/mol. The number of guanidine groups is 1. The summed E-state index contributed by atoms with van der Waals surface area (Å²) >= 11 is 0. The number of halogens is 1. The van der Waals surface area contributed by atoms with Gasteiger partial charge in [0.2, 0.25) is 0 Å². The van der Waals surface area contributed by atoms with E-state index in [4.69, 9.17) is 4.74 Å². The summed E-state index contributed by atoms with van der Waals surface area (Å²) < 4.78 is 5.00. The number of nitrogens with one attached hydrogen (secondary N) is 2. The molecule has 2 N–H and O–H groups in total. The Balaban J connectivity index is 0. The number of hydrogen-bond donors (Lipinski definition) is 2. The van der Waals surface area contributed by atoms with Crippen molar-refractivity contribution >= 4 is 29.9 Å². The summed E-state index contributed by atoms with van der Waals surface area (Å²) in [5, 5.41) is 6.69. The van der Waals surface area contributed by atoms with E-state index in [2.05, 4.69) is 43.3 Å². The highest BCUT2D eigenvalue weighted by Crippen LogP contribution is 2.08. The van der Waals surface area contributed by atoms with E-state index >= 15 is 0 Å². The second-order valence-electron chi connectivity index (χ2n) is 5.12. The van der Waals surface area contributed by atoms with Gasteiger partial charge in [-0.05, 0) is 26.2 Å². The van der Waals surface area contributed by atoms with Crippen molar-refractivity contribution in [3.63, 3.8) is 0 Å². The largest absolute Gasteiger partial charge is 0.383 e. The first-order chi connectivity index (χ1) is 8.60. The molecule has 0 aromatic rings. The van der Waals surface area contributed by atoms with Gasteiger partial charge in [-0.1, -0.05) is 26.7 Å². The average molecular weight is 385 g/mol. The van der Waals surface area contributed by atoms with Crippen LogP contribution in [0.1, 0.15) is 47.0 Å². The second-order valence-corrected chi connectivity index (χ2v) is 5.12. The smallest absolute Gasteiger partial charge is 0.191 e. The van der Waals surface area contributed by atoms with E-state index < -0.39 is 0 Å². The van der Waals surface area contributed by atoms with Crippen LogP contribution in [0.15, 0.2) is 4.99 Å². The standard InChI is InChI=1S/C14H31N3O.HI/c1-6-15-14(16-10-11-18-5)17-13(4)9-7-8-12(2)3;/h12-13H,6-11H2,1-5H3,(H2,15,16,17);1H. The average Bonchev–Trinajstić information content (AvgIpc) is 2.29. The van der Waals surface area contributed by atoms with E-state index in [0.29, 0.717) is 19.2 Å². The molecule has 19 heavy (non-hydrogen) atoms. The molecule has 1 atom stereocenters. The van der Waals surface area contributed by atoms with Crippen molar-refractivity contribution < 1.29 is 4.74 Å². The molecule has 1 unspecified atom stereocenters. The molecule has 0 heterocycles. The third kappa shape index (κ3) is 14.2. The molecule has 0 aromatic carbocycles. The third-order valence-corrected chi connectivity index (χ3v) is 2.71. The van der Waals surface area contributed by atoms with Crippen LogP contribution in [0, 0.1) is 5.92 Å². The molecule has 0 aromatic heterocycles. The van der Waals surface area contributed by atoms with Gasteiger partial charge in [0.25, 0.3) is 0 Å². The lowest BCUT2D eigenvalue weighted by molar-refractivity contribution is 0.208. The highest BCUT2D eigenvalue weighted by Gasteiger charge is 2.05. The maximum Gasteiger partial charge on any atom is 0.191 e. The van der Waals surface area contributed by atoms with Gasteiger partial charge in [-0.3, -0.25) is 4.99 Å². The maximum absolute atomic E-state index is 5.00. The monoisotopic (exact) mass is 385 g/mol. The topological polar surface area (TPSA) is 45.7 Å². The molecule has 0 bridgehead atoms. The summed E-state index contributed by atoms with van der Waals surface area (Å²) in [6.07, 6.45) is 3.75. The van der Waals surface area contributed by atoms with Gasteiger partial charge in [0.05, 0.1) is 13.2 Å². The zero-order chi connectivity index (χ0) is 13.8. The molecule has 0 saturated heterocycles. The molecule has 0 spiro atoms. The number of nitrogens with zero attached hydrogens (tertiary/aromatic N) is 1. The van der Waals surface area contributed by atoms with Crippen LogP contribution < -0.4 is 10.6 Å². The van der Waals surface area contributed by atoms with Crippen molar-refractivity contribution in [2.75, 3.05) is 26.8 Å². The third-order valence-electron chi connectivity index (χ3n) is 2.71. The minimum atomic E-state index is 0. The first kappa shape index (κ1) is 21.3. The predicted molar refractivity (Wildman–Crippen MR) is 94.6 cm³/mol. The molecule has 0 radical (unpaired) electrons. The van der Waals surface area contributed by atoms with Gasteiger partial charge in [0.1, 0.15) is 0 Å². The van der Waals surface area contributed by atoms with Gasteiger partial charge in [-0.2, -0.15) is 0 Å². The van der Waals surface area contributed by atoms with Crippen LogP contribution in [0.5, 0.6) is 0 Å². The summed E-state index contributed by atoms with van der Waals surface area (Å²) in [5.74, 6) is 1.69. The first-order valence-corrected chi connectivity index (χ1v) is 7.13. The lowest BCUT2D eigenvalue weighted by atomic mass is 10.0. The zero-order valence-corrected chi connectivity index (χ0v) is 15.5. The summed E-state index contributed by atoms with van der Waals surface area (Å²) in [6, 6.07) is 0.462. The molecule has 5 heteroatoms. The van der Waals surface area contributed by atoms with Crippen LogP contribution in [0.4, 0.5) is 0 Å². The molecule has 0 aliphatic rings. The van der Waals surface area contributed by atoms with Crippen molar-refractivity contribution in [3.8, 4) is 0 Å². The highest BCUT2D eigenvalue weighted by molar-refractivity contribution is 14.0. The van der Waals surface area contributed by atoms with Crippen molar-refractivity contribution in [3.05, 3.63) is 0 Å². The molecule has 0 amide bonds. The van der Waals surface area contributed by atoms with Crippen LogP contribution >= 0.6 is 24.0 Å². The summed E-state index contributed by atoms with van der Waals surface area (Å²) in [7, 11) is 1.70. The van der Waals surface area contributed by atoms with E-state index in [-0.39, 0.29) is 24.0 Å². The van der Waals surface area contributed by atoms with E-state index in [1.165, 1.54) is 19.3 Å². The van der Waals surface area contributed by atoms with Crippen molar-refractivity contribution in [1.82, 2.24) is 10.6 Å². The number of methoxy groups -OCH3 is 1. The van der Waals surface area contributed by atoms with Gasteiger partial charge in [0.15, 0.2) is 5.96 Å². The maximum atomic E-state index is 5.00. The Bertz CT molecular complexity index is 223. The molecule has 0 aliphatic heterocycles. The molecule has 0 saturated carbocycles. The Hall–Kier alpha value is -0.0400. The molecule has 4 nitrogen and oxygen atoms in total. The molecule has 116 valence electrons. The summed E-state index contributed by atoms with van der Waals surface area (Å²) in [6.45, 7) is 11.1. The normalized spacial score (nSPS) is 13.1. The van der Waals surface area contributed by atoms with E-state index in [1.54, 1.807) is 7.11 Å². The lowest BCUT2D eigenvalue weighted by Crippen LogP contribution is -2.42. The predicted octanol–water partition coefficient (Wildman–Crippen LogP) is 3.02. The molecule has 0 rings (SSSR count). The van der Waals surface area contributed by atoms with Gasteiger partial charge in [0, 0.05) is 19.7 Å². The Kier molecular flexibility index (Phi) is 16.1. The fourth-order valence-electron chi connectivity index (χ4n) is 1.71. The number of rotatable bonds is 9. The summed E-state index contributed by atoms with van der Waals surface area (Å²) in [4.78, 5) is 4.46. The minimum absolute atomic E-state index is 0. The fraction of sp³-hybridized carbons (Fsp3) is 0.929. The Morgan fingerprint density at radius 2 is 1.89 bits per heavy atom. The van der Waals surface area contributed by atoms with Crippen LogP contribution in [0.3, 0.4) is 0 Å². The number of aliphatic imine (C=N–C) groups is 1. The van der Waals surface area contributed by atoms with Crippen LogP contribution in [-0.4, -0.2) is 38.8 Å². The van der Waals surface area contributed by atoms with E-state index in [1.807, 2.05) is 0 Å². The Morgan fingerprint density at radius 1 is 1.21 bits per heavy atom. The highest BCUT2D eigenvalue weighted by atomic mass is 127. The second kappa shape index (κ2) is 14.4. The van der Waals surface area contributed by atoms with Crippen LogP contribution in [-0.2, 0) is 4.74 Å². The zero-order valence-electron chi connectivity index (χ0n) is 13.2. The first-order valence-electron chi connectivity index (χ1n) is 7.13. The van der Waals surface area contributed by atoms with Gasteiger partial charge in [-0.25, -0.2) is 0 Å². The van der Waals surface area contributed by atoms with Crippen molar-refractivity contribution in [2.24, 2.45) is 10.9 Å². The van der Waals surface area contributed by atoms with E-state index in [0.717, 1.165) is 18.4 Å². The minimum Gasteiger partial charge on any atom is -0.383 e. The number of ether oxygens (including phenoxy) is 1. The molecular formula is C14H32IN3O. The van der Waals surface area contributed by atoms with Gasteiger partial charge in [-0.15, -0.1) is 24.0 Å². The Labute approximate surface area is 136 Å². The lowest BCUT2D eigenvalue weighted by Gasteiger charge is -2.18. The quantitative estimate of drug-likeness (QED) is 0.278. The fourth-order valence-corrected chi connectivity index (χ4v) is 1.71.